The topological polar surface area (TPSA) is 29.9 Å². The molecule has 1 aromatic carbocycles. The van der Waals surface area contributed by atoms with Crippen molar-refractivity contribution in [3.8, 4) is 11.3 Å². The van der Waals surface area contributed by atoms with E-state index < -0.39 is 0 Å². The zero-order chi connectivity index (χ0) is 13.1. The van der Waals surface area contributed by atoms with Gasteiger partial charge in [-0.15, -0.1) is 0 Å². The van der Waals surface area contributed by atoms with Gasteiger partial charge < -0.3 is 5.32 Å². The third-order valence-electron chi connectivity index (χ3n) is 2.83. The minimum absolute atomic E-state index is 0.737. The first-order chi connectivity index (χ1) is 8.63. The first-order valence-electron chi connectivity index (χ1n) is 5.75. The number of benzene rings is 1. The highest BCUT2D eigenvalue weighted by atomic mass is 79.9. The molecule has 0 amide bonds. The van der Waals surface area contributed by atoms with E-state index in [1.807, 2.05) is 43.0 Å². The van der Waals surface area contributed by atoms with E-state index in [-0.39, 0.29) is 0 Å². The Morgan fingerprint density at radius 1 is 1.33 bits per heavy atom. The fourth-order valence-corrected chi connectivity index (χ4v) is 2.73. The third kappa shape index (κ3) is 2.76. The van der Waals surface area contributed by atoms with E-state index in [4.69, 9.17) is 11.6 Å². The largest absolute Gasteiger partial charge is 0.319 e. The van der Waals surface area contributed by atoms with Crippen molar-refractivity contribution in [3.63, 3.8) is 0 Å². The summed E-state index contributed by atoms with van der Waals surface area (Å²) < 4.78 is 2.98. The van der Waals surface area contributed by atoms with Gasteiger partial charge in [0.25, 0.3) is 0 Å². The molecule has 1 heterocycles. The Labute approximate surface area is 120 Å². The van der Waals surface area contributed by atoms with Crippen molar-refractivity contribution in [1.29, 1.82) is 0 Å². The van der Waals surface area contributed by atoms with Crippen molar-refractivity contribution in [2.24, 2.45) is 7.05 Å². The fourth-order valence-electron chi connectivity index (χ4n) is 1.84. The molecule has 0 unspecified atom stereocenters. The first kappa shape index (κ1) is 13.6. The number of aromatic nitrogens is 2. The summed E-state index contributed by atoms with van der Waals surface area (Å²) in [5, 5.41) is 8.45. The molecular formula is C13H15BrClN3. The van der Waals surface area contributed by atoms with E-state index in [9.17, 15) is 0 Å². The number of halogens is 2. The summed E-state index contributed by atoms with van der Waals surface area (Å²) >= 11 is 9.54. The molecule has 0 atom stereocenters. The van der Waals surface area contributed by atoms with Gasteiger partial charge in [0.15, 0.2) is 0 Å². The Morgan fingerprint density at radius 2 is 2.00 bits per heavy atom. The van der Waals surface area contributed by atoms with Crippen molar-refractivity contribution in [2.75, 3.05) is 13.6 Å². The smallest absolute Gasteiger partial charge is 0.107 e. The summed E-state index contributed by atoms with van der Waals surface area (Å²) in [5.41, 5.74) is 3.21. The molecule has 0 fully saturated rings. The molecule has 0 aliphatic rings. The quantitative estimate of drug-likeness (QED) is 0.933. The van der Waals surface area contributed by atoms with Crippen LogP contribution >= 0.6 is 27.5 Å². The summed E-state index contributed by atoms with van der Waals surface area (Å²) in [6, 6.07) is 7.73. The lowest BCUT2D eigenvalue weighted by molar-refractivity contribution is 0.681. The Balaban J connectivity index is 2.37. The van der Waals surface area contributed by atoms with Crippen LogP contribution in [0.5, 0.6) is 0 Å². The van der Waals surface area contributed by atoms with Gasteiger partial charge in [0, 0.05) is 30.6 Å². The highest BCUT2D eigenvalue weighted by Crippen LogP contribution is 2.30. The van der Waals surface area contributed by atoms with Crippen LogP contribution in [0.1, 0.15) is 5.69 Å². The summed E-state index contributed by atoms with van der Waals surface area (Å²) in [5.74, 6) is 0. The number of aryl methyl sites for hydroxylation is 1. The number of nitrogens with one attached hydrogen (secondary N) is 1. The van der Waals surface area contributed by atoms with Crippen LogP contribution in [0.15, 0.2) is 28.7 Å². The molecule has 96 valence electrons. The molecule has 0 spiro atoms. The molecule has 3 nitrogen and oxygen atoms in total. The highest BCUT2D eigenvalue weighted by molar-refractivity contribution is 9.10. The molecule has 0 bridgehead atoms. The Bertz CT molecular complexity index is 534. The van der Waals surface area contributed by atoms with Crippen LogP contribution < -0.4 is 5.32 Å². The fraction of sp³-hybridized carbons (Fsp3) is 0.308. The van der Waals surface area contributed by atoms with Gasteiger partial charge in [-0.3, -0.25) is 4.68 Å². The molecule has 0 saturated carbocycles. The van der Waals surface area contributed by atoms with E-state index in [0.29, 0.717) is 0 Å². The molecule has 5 heteroatoms. The maximum atomic E-state index is 5.90. The van der Waals surface area contributed by atoms with Gasteiger partial charge in [-0.2, -0.15) is 5.10 Å². The van der Waals surface area contributed by atoms with Gasteiger partial charge in [0.05, 0.1) is 10.2 Å². The molecule has 0 saturated heterocycles. The number of hydrogen-bond donors (Lipinski definition) is 1. The van der Waals surface area contributed by atoms with Gasteiger partial charge in [-0.05, 0) is 35.1 Å². The van der Waals surface area contributed by atoms with E-state index in [1.165, 1.54) is 5.69 Å². The summed E-state index contributed by atoms with van der Waals surface area (Å²) in [6.07, 6.45) is 0.939. The predicted molar refractivity (Wildman–Crippen MR) is 79.0 cm³/mol. The van der Waals surface area contributed by atoms with Crippen molar-refractivity contribution >= 4 is 27.5 Å². The Hall–Kier alpha value is -0.840. The van der Waals surface area contributed by atoms with Crippen molar-refractivity contribution in [1.82, 2.24) is 15.1 Å². The maximum absolute atomic E-state index is 5.90. The molecule has 0 aliphatic heterocycles. The Kier molecular flexibility index (Phi) is 4.43. The van der Waals surface area contributed by atoms with Crippen molar-refractivity contribution in [3.05, 3.63) is 39.5 Å². The molecule has 0 radical (unpaired) electrons. The van der Waals surface area contributed by atoms with Gasteiger partial charge >= 0.3 is 0 Å². The van der Waals surface area contributed by atoms with Crippen molar-refractivity contribution < 1.29 is 0 Å². The normalized spacial score (nSPS) is 10.9. The van der Waals surface area contributed by atoms with Crippen molar-refractivity contribution in [2.45, 2.75) is 6.42 Å². The molecular weight excluding hydrogens is 314 g/mol. The van der Waals surface area contributed by atoms with Crippen LogP contribution in [0.2, 0.25) is 5.02 Å². The lowest BCUT2D eigenvalue weighted by atomic mass is 10.1. The van der Waals surface area contributed by atoms with E-state index in [1.54, 1.807) is 0 Å². The van der Waals surface area contributed by atoms with Gasteiger partial charge in [-0.1, -0.05) is 23.7 Å². The second-order valence-electron chi connectivity index (χ2n) is 4.09. The molecule has 2 rings (SSSR count). The lowest BCUT2D eigenvalue weighted by Gasteiger charge is -2.01. The van der Waals surface area contributed by atoms with E-state index in [2.05, 4.69) is 26.3 Å². The second kappa shape index (κ2) is 5.87. The lowest BCUT2D eigenvalue weighted by Crippen LogP contribution is -2.12. The van der Waals surface area contributed by atoms with Crippen LogP contribution in [-0.4, -0.2) is 23.4 Å². The second-order valence-corrected chi connectivity index (χ2v) is 5.32. The number of rotatable bonds is 4. The molecule has 2 aromatic rings. The molecule has 0 aliphatic carbocycles. The summed E-state index contributed by atoms with van der Waals surface area (Å²) in [7, 11) is 3.92. The van der Waals surface area contributed by atoms with Crippen LogP contribution in [0.3, 0.4) is 0 Å². The Morgan fingerprint density at radius 3 is 2.61 bits per heavy atom. The van der Waals surface area contributed by atoms with Crippen LogP contribution in [0.25, 0.3) is 11.3 Å². The van der Waals surface area contributed by atoms with Crippen LogP contribution in [0, 0.1) is 0 Å². The monoisotopic (exact) mass is 327 g/mol. The molecule has 1 aromatic heterocycles. The van der Waals surface area contributed by atoms with E-state index >= 15 is 0 Å². The standard InChI is InChI=1S/C13H15BrClN3/c1-16-8-7-11-12(14)13(17-18(11)2)9-3-5-10(15)6-4-9/h3-6,16H,7-8H2,1-2H3. The number of nitrogens with zero attached hydrogens (tertiary/aromatic N) is 2. The third-order valence-corrected chi connectivity index (χ3v) is 3.92. The minimum Gasteiger partial charge on any atom is -0.319 e. The number of hydrogen-bond acceptors (Lipinski definition) is 2. The predicted octanol–water partition coefficient (Wildman–Crippen LogP) is 3.26. The van der Waals surface area contributed by atoms with Crippen LogP contribution in [-0.2, 0) is 13.5 Å². The first-order valence-corrected chi connectivity index (χ1v) is 6.92. The summed E-state index contributed by atoms with van der Waals surface area (Å²) in [4.78, 5) is 0. The van der Waals surface area contributed by atoms with Gasteiger partial charge in [0.2, 0.25) is 0 Å². The highest BCUT2D eigenvalue weighted by Gasteiger charge is 2.14. The molecule has 18 heavy (non-hydrogen) atoms. The zero-order valence-electron chi connectivity index (χ0n) is 10.4. The average Bonchev–Trinajstić information content (AvgIpc) is 2.64. The minimum atomic E-state index is 0.737. The average molecular weight is 329 g/mol. The number of likely N-dealkylation sites (N-methyl/N-ethyl adjacent to an activating group) is 1. The van der Waals surface area contributed by atoms with Gasteiger partial charge in [-0.25, -0.2) is 0 Å². The SMILES string of the molecule is CNCCc1c(Br)c(-c2ccc(Cl)cc2)nn1C. The zero-order valence-corrected chi connectivity index (χ0v) is 12.7. The maximum Gasteiger partial charge on any atom is 0.107 e. The van der Waals surface area contributed by atoms with Gasteiger partial charge in [0.1, 0.15) is 5.69 Å². The van der Waals surface area contributed by atoms with Crippen LogP contribution in [0.4, 0.5) is 0 Å². The molecule has 1 N–H and O–H groups in total. The summed E-state index contributed by atoms with van der Waals surface area (Å²) in [6.45, 7) is 0.929. The van der Waals surface area contributed by atoms with E-state index in [0.717, 1.165) is 33.7 Å².